The maximum Gasteiger partial charge on any atom is 0.185 e. The van der Waals surface area contributed by atoms with E-state index in [9.17, 15) is 0 Å². The van der Waals surface area contributed by atoms with Crippen molar-refractivity contribution in [1.82, 2.24) is 0 Å². The van der Waals surface area contributed by atoms with Crippen LogP contribution in [0.25, 0.3) is 0 Å². The lowest BCUT2D eigenvalue weighted by Crippen LogP contribution is -2.38. The second kappa shape index (κ2) is 3.32. The topological polar surface area (TPSA) is 69.9 Å². The molecule has 4 nitrogen and oxygen atoms in total. The second-order valence-corrected chi connectivity index (χ2v) is 2.60. The molecule has 0 fully saturated rings. The van der Waals surface area contributed by atoms with Crippen molar-refractivity contribution in [3.8, 4) is 0 Å². The van der Waals surface area contributed by atoms with E-state index >= 15 is 0 Å². The number of aliphatic hydroxyl groups is 3. The molecule has 0 spiro atoms. The van der Waals surface area contributed by atoms with Gasteiger partial charge in [0, 0.05) is 0 Å². The normalized spacial score (nSPS) is 38.5. The fourth-order valence-corrected chi connectivity index (χ4v) is 1.00. The first-order valence-electron chi connectivity index (χ1n) is 3.46. The Labute approximate surface area is 64.7 Å². The minimum Gasteiger partial charge on any atom is -0.393 e. The first-order chi connectivity index (χ1) is 5.15. The Bertz CT molecular complexity index is 166. The highest BCUT2D eigenvalue weighted by atomic mass is 16.6. The molecule has 3 N–H and O–H groups in total. The fraction of sp³-hybridized carbons (Fsp3) is 0.714. The number of hydrogen-bond acceptors (Lipinski definition) is 4. The summed E-state index contributed by atoms with van der Waals surface area (Å²) in [5.74, 6) is 0. The van der Waals surface area contributed by atoms with Gasteiger partial charge in [-0.3, -0.25) is 0 Å². The van der Waals surface area contributed by atoms with Crippen molar-refractivity contribution < 1.29 is 20.1 Å². The van der Waals surface area contributed by atoms with E-state index in [0.717, 1.165) is 5.57 Å². The second-order valence-electron chi connectivity index (χ2n) is 2.60. The third-order valence-corrected chi connectivity index (χ3v) is 1.70. The predicted octanol–water partition coefficient (Wildman–Crippen LogP) is -0.997. The van der Waals surface area contributed by atoms with Crippen LogP contribution in [0.2, 0.25) is 0 Å². The summed E-state index contributed by atoms with van der Waals surface area (Å²) in [6.07, 6.45) is -1.18. The Hall–Kier alpha value is -0.420. The van der Waals surface area contributed by atoms with Gasteiger partial charge in [0.15, 0.2) is 6.29 Å². The fourth-order valence-electron chi connectivity index (χ4n) is 1.00. The molecule has 0 radical (unpaired) electrons. The van der Waals surface area contributed by atoms with Crippen molar-refractivity contribution in [1.29, 1.82) is 0 Å². The smallest absolute Gasteiger partial charge is 0.185 e. The van der Waals surface area contributed by atoms with Gasteiger partial charge in [-0.25, -0.2) is 0 Å². The summed E-state index contributed by atoms with van der Waals surface area (Å²) in [7, 11) is 0. The highest BCUT2D eigenvalue weighted by Crippen LogP contribution is 2.17. The first-order valence-corrected chi connectivity index (χ1v) is 3.46. The van der Waals surface area contributed by atoms with Gasteiger partial charge in [0.1, 0.15) is 12.2 Å². The maximum absolute atomic E-state index is 9.03. The molecule has 0 unspecified atom stereocenters. The third kappa shape index (κ3) is 1.78. The Morgan fingerprint density at radius 3 is 2.73 bits per heavy atom. The minimum absolute atomic E-state index is 0.174. The van der Waals surface area contributed by atoms with Crippen LogP contribution in [0.15, 0.2) is 11.6 Å². The molecule has 1 heterocycles. The van der Waals surface area contributed by atoms with E-state index in [1.807, 2.05) is 0 Å². The molecule has 0 amide bonds. The molecular weight excluding hydrogens is 148 g/mol. The van der Waals surface area contributed by atoms with Crippen molar-refractivity contribution in [2.45, 2.75) is 25.4 Å². The molecule has 4 heteroatoms. The molecule has 0 aromatic rings. The van der Waals surface area contributed by atoms with Gasteiger partial charge in [0.05, 0.1) is 6.61 Å². The zero-order valence-electron chi connectivity index (χ0n) is 6.27. The van der Waals surface area contributed by atoms with E-state index < -0.39 is 18.5 Å². The Morgan fingerprint density at radius 2 is 2.18 bits per heavy atom. The molecule has 1 aliphatic rings. The lowest BCUT2D eigenvalue weighted by atomic mass is 10.1. The summed E-state index contributed by atoms with van der Waals surface area (Å²) in [6.45, 7) is 1.56. The zero-order valence-corrected chi connectivity index (χ0v) is 6.27. The molecule has 0 bridgehead atoms. The Morgan fingerprint density at radius 1 is 1.55 bits per heavy atom. The van der Waals surface area contributed by atoms with E-state index in [2.05, 4.69) is 0 Å². The van der Waals surface area contributed by atoms with Gasteiger partial charge >= 0.3 is 0 Å². The van der Waals surface area contributed by atoms with E-state index in [-0.39, 0.29) is 6.61 Å². The van der Waals surface area contributed by atoms with Crippen LogP contribution in [0.4, 0.5) is 0 Å². The van der Waals surface area contributed by atoms with Gasteiger partial charge in [-0.2, -0.15) is 0 Å². The molecule has 0 saturated carbocycles. The van der Waals surface area contributed by atoms with Gasteiger partial charge in [0.2, 0.25) is 0 Å². The van der Waals surface area contributed by atoms with Gasteiger partial charge < -0.3 is 20.1 Å². The molecule has 0 aliphatic carbocycles. The molecule has 0 saturated heterocycles. The van der Waals surface area contributed by atoms with Crippen molar-refractivity contribution in [3.63, 3.8) is 0 Å². The lowest BCUT2D eigenvalue weighted by molar-refractivity contribution is -0.183. The van der Waals surface area contributed by atoms with Crippen molar-refractivity contribution in [3.05, 3.63) is 11.6 Å². The molecule has 11 heavy (non-hydrogen) atoms. The molecule has 0 aromatic heterocycles. The largest absolute Gasteiger partial charge is 0.393 e. The number of ether oxygens (including phenoxy) is 1. The predicted molar refractivity (Wildman–Crippen MR) is 37.7 cm³/mol. The molecular formula is C7H12O4. The molecule has 64 valence electrons. The quantitative estimate of drug-likeness (QED) is 0.430. The Balaban J connectivity index is 2.68. The summed E-state index contributed by atoms with van der Waals surface area (Å²) >= 11 is 0. The van der Waals surface area contributed by atoms with Crippen molar-refractivity contribution >= 4 is 0 Å². The van der Waals surface area contributed by atoms with Crippen LogP contribution in [0.3, 0.4) is 0 Å². The van der Waals surface area contributed by atoms with Gasteiger partial charge in [-0.05, 0) is 18.6 Å². The average Bonchev–Trinajstić information content (AvgIpc) is 1.97. The summed E-state index contributed by atoms with van der Waals surface area (Å²) in [5, 5.41) is 26.7. The van der Waals surface area contributed by atoms with E-state index in [0.29, 0.717) is 0 Å². The van der Waals surface area contributed by atoms with Crippen LogP contribution >= 0.6 is 0 Å². The van der Waals surface area contributed by atoms with Crippen molar-refractivity contribution in [2.24, 2.45) is 0 Å². The van der Waals surface area contributed by atoms with Crippen LogP contribution in [-0.4, -0.2) is 40.4 Å². The van der Waals surface area contributed by atoms with Crippen LogP contribution in [0.1, 0.15) is 6.92 Å². The summed E-state index contributed by atoms with van der Waals surface area (Å²) < 4.78 is 4.85. The maximum atomic E-state index is 9.03. The van der Waals surface area contributed by atoms with E-state index in [1.165, 1.54) is 6.08 Å². The van der Waals surface area contributed by atoms with Crippen LogP contribution < -0.4 is 0 Å². The highest BCUT2D eigenvalue weighted by Gasteiger charge is 2.26. The van der Waals surface area contributed by atoms with Crippen LogP contribution in [0, 0.1) is 0 Å². The third-order valence-electron chi connectivity index (χ3n) is 1.70. The lowest BCUT2D eigenvalue weighted by Gasteiger charge is -2.28. The first kappa shape index (κ1) is 8.67. The average molecular weight is 160 g/mol. The summed E-state index contributed by atoms with van der Waals surface area (Å²) in [6, 6.07) is 0. The number of rotatable bonds is 1. The highest BCUT2D eigenvalue weighted by molar-refractivity contribution is 5.11. The standard InChI is InChI=1S/C7H12O4/c1-4-2-5(9)7(10)11-6(4)3-8/h2,5-10H,3H2,1H3/t5-,6+,7+/m0/s1. The number of aliphatic hydroxyl groups excluding tert-OH is 3. The molecule has 1 rings (SSSR count). The van der Waals surface area contributed by atoms with Crippen molar-refractivity contribution in [2.75, 3.05) is 6.61 Å². The minimum atomic E-state index is -1.21. The summed E-state index contributed by atoms with van der Waals surface area (Å²) in [5.41, 5.74) is 0.741. The van der Waals surface area contributed by atoms with Crippen LogP contribution in [-0.2, 0) is 4.74 Å². The molecule has 3 atom stereocenters. The number of hydrogen-bond donors (Lipinski definition) is 3. The Kier molecular flexibility index (Phi) is 2.62. The van der Waals surface area contributed by atoms with Gasteiger partial charge in [-0.1, -0.05) is 0 Å². The monoisotopic (exact) mass is 160 g/mol. The van der Waals surface area contributed by atoms with Crippen LogP contribution in [0.5, 0.6) is 0 Å². The summed E-state index contributed by atoms with van der Waals surface area (Å²) in [4.78, 5) is 0. The SMILES string of the molecule is CC1=C[C@H](O)[C@H](O)O[C@@H]1CO. The van der Waals surface area contributed by atoms with Gasteiger partial charge in [-0.15, -0.1) is 0 Å². The zero-order chi connectivity index (χ0) is 8.43. The van der Waals surface area contributed by atoms with Gasteiger partial charge in [0.25, 0.3) is 0 Å². The molecule has 0 aromatic carbocycles. The molecule has 1 aliphatic heterocycles. The van der Waals surface area contributed by atoms with E-state index in [4.69, 9.17) is 20.1 Å². The van der Waals surface area contributed by atoms with E-state index in [1.54, 1.807) is 6.92 Å².